The van der Waals surface area contributed by atoms with Crippen LogP contribution >= 0.6 is 0 Å². The van der Waals surface area contributed by atoms with Crippen molar-refractivity contribution in [2.75, 3.05) is 14.2 Å². The Hall–Kier alpha value is -2.93. The minimum Gasteiger partial charge on any atom is -1.00 e. The molecule has 1 amide bonds. The number of hydrogen-bond donors (Lipinski definition) is 0. The summed E-state index contributed by atoms with van der Waals surface area (Å²) in [5, 5.41) is 2.70. The number of halogens is 3. The molecule has 0 aliphatic heterocycles. The second kappa shape index (κ2) is 15.3. The fraction of sp³-hybridized carbons (Fsp3) is 0.417. The Kier molecular flexibility index (Phi) is 12.1. The number of amides is 1. The molecule has 12 heteroatoms. The molecule has 48 heavy (non-hydrogen) atoms. The van der Waals surface area contributed by atoms with Crippen LogP contribution in [0.2, 0.25) is 0 Å². The molecule has 4 aliphatic carbocycles. The summed E-state index contributed by atoms with van der Waals surface area (Å²) in [4.78, 5) is 37.0. The van der Waals surface area contributed by atoms with Crippen LogP contribution in [0.25, 0.3) is 21.8 Å². The molecule has 4 aromatic rings. The number of nitrogens with zero attached hydrogens (tertiary/aromatic N) is 3. The third-order valence-electron chi connectivity index (χ3n) is 10.1. The van der Waals surface area contributed by atoms with Gasteiger partial charge in [-0.1, -0.05) is 0 Å². The first-order valence-electron chi connectivity index (χ1n) is 15.5. The van der Waals surface area contributed by atoms with E-state index in [4.69, 9.17) is 14.3 Å². The van der Waals surface area contributed by atoms with E-state index in [0.717, 1.165) is 31.2 Å². The Labute approximate surface area is 305 Å². The maximum absolute atomic E-state index is 13.5. The first kappa shape index (κ1) is 37.9. The third-order valence-corrected chi connectivity index (χ3v) is 10.1. The third kappa shape index (κ3) is 7.46. The normalized spacial score (nSPS) is 27.1. The average molecular weight is 735 g/mol. The smallest absolute Gasteiger partial charge is 1.00 e. The van der Waals surface area contributed by atoms with E-state index < -0.39 is 0 Å². The van der Waals surface area contributed by atoms with Gasteiger partial charge in [0.15, 0.2) is 0 Å². The number of carbonyl (C=O) groups is 2. The predicted octanol–water partition coefficient (Wildman–Crippen LogP) is 3.24. The minimum atomic E-state index is -0.303. The van der Waals surface area contributed by atoms with Gasteiger partial charge in [-0.05, 0) is 105 Å². The Morgan fingerprint density at radius 2 is 1.17 bits per heavy atom. The molecule has 8 rings (SSSR count). The molecule has 4 aliphatic rings. The van der Waals surface area contributed by atoms with Gasteiger partial charge in [-0.25, -0.2) is 13.8 Å². The molecule has 4 fully saturated rings. The van der Waals surface area contributed by atoms with Crippen molar-refractivity contribution < 1.29 is 49.7 Å². The summed E-state index contributed by atoms with van der Waals surface area (Å²) < 4.78 is 39.1. The molecule has 0 bridgehead atoms. The predicted molar refractivity (Wildman–Crippen MR) is 174 cm³/mol. The number of pyridine rings is 2. The Bertz CT molecular complexity index is 1780. The Morgan fingerprint density at radius 3 is 1.56 bits per heavy atom. The van der Waals surface area contributed by atoms with Gasteiger partial charge in [-0.2, -0.15) is 0 Å². The van der Waals surface area contributed by atoms with E-state index in [2.05, 4.69) is 9.97 Å². The van der Waals surface area contributed by atoms with E-state index in [1.165, 1.54) is 36.4 Å². The van der Waals surface area contributed by atoms with Gasteiger partial charge >= 0.3 is 23.1 Å². The number of ketones is 1. The summed E-state index contributed by atoms with van der Waals surface area (Å²) in [5.41, 5.74) is 1.45. The molecule has 2 aromatic carbocycles. The quantitative estimate of drug-likeness (QED) is 0.164. The zero-order chi connectivity index (χ0) is 31.4. The number of rotatable bonds is 7. The van der Waals surface area contributed by atoms with Crippen LogP contribution in [0.15, 0.2) is 60.9 Å². The Morgan fingerprint density at radius 1 is 0.750 bits per heavy atom. The van der Waals surface area contributed by atoms with Crippen molar-refractivity contribution in [2.45, 2.75) is 44.8 Å². The van der Waals surface area contributed by atoms with Crippen LogP contribution in [-0.2, 0) is 14.4 Å². The molecule has 0 saturated heterocycles. The van der Waals surface area contributed by atoms with Gasteiger partial charge in [0.25, 0.3) is 0 Å². The standard InChI is InChI=1S/C18H19FN2O3.C17H16FNO2.CH3.BrH.Mg/c1-21(23-2)18(22)17-12-8-11(9-13(12)17)24-16-5-6-20-15-4-3-10(19)7-14(15)16;1-9(20)17-12-7-11(8-13(12)17)21-16-4-5-19-15-3-2-10(18)6-14(15)16;;;/h3-7,11-13,17H,8-9H2,1-2H3;2-6,11-13,17H,7-8H2,1H3;1H3;1H;/q;;-1;;+2/p-1/t2*11?,12-,13+,17?;;;. The number of carbonyl (C=O) groups excluding carboxylic acids is 2. The second-order valence-corrected chi connectivity index (χ2v) is 12.7. The number of benzene rings is 2. The topological polar surface area (TPSA) is 90.9 Å². The van der Waals surface area contributed by atoms with E-state index in [0.29, 0.717) is 57.2 Å². The van der Waals surface area contributed by atoms with Crippen LogP contribution in [0.5, 0.6) is 11.5 Å². The van der Waals surface area contributed by atoms with Crippen LogP contribution in [0.3, 0.4) is 0 Å². The van der Waals surface area contributed by atoms with Crippen molar-refractivity contribution in [3.05, 3.63) is 80.0 Å². The van der Waals surface area contributed by atoms with Gasteiger partial charge < -0.3 is 33.9 Å². The van der Waals surface area contributed by atoms with Gasteiger partial charge in [-0.3, -0.25) is 24.4 Å². The maximum Gasteiger partial charge on any atom is 2.00 e. The van der Waals surface area contributed by atoms with Crippen molar-refractivity contribution in [3.63, 3.8) is 0 Å². The zero-order valence-electron chi connectivity index (χ0n) is 27.4. The number of ether oxygens (including phenoxy) is 2. The molecular formula is C36H38BrF2MgN3O5. The largest absolute Gasteiger partial charge is 2.00 e. The van der Waals surface area contributed by atoms with Crippen molar-refractivity contribution in [1.82, 2.24) is 15.0 Å². The van der Waals surface area contributed by atoms with Gasteiger partial charge in [0, 0.05) is 42.0 Å². The molecule has 2 aromatic heterocycles. The molecule has 0 N–H and O–H groups in total. The molecule has 4 saturated carbocycles. The van der Waals surface area contributed by atoms with Crippen molar-refractivity contribution in [3.8, 4) is 11.5 Å². The maximum atomic E-state index is 13.5. The second-order valence-electron chi connectivity index (χ2n) is 12.7. The van der Waals surface area contributed by atoms with Crippen LogP contribution in [0.4, 0.5) is 8.78 Å². The number of Topliss-reactive ketones (excluding diaryl/α,β-unsaturated/α-hetero) is 1. The first-order valence-corrected chi connectivity index (χ1v) is 15.5. The van der Waals surface area contributed by atoms with Gasteiger partial charge in [0.1, 0.15) is 28.9 Å². The van der Waals surface area contributed by atoms with Gasteiger partial charge in [-0.15, -0.1) is 0 Å². The van der Waals surface area contributed by atoms with E-state index in [1.54, 1.807) is 50.6 Å². The zero-order valence-corrected chi connectivity index (χ0v) is 30.4. The number of hydroxylamine groups is 2. The summed E-state index contributed by atoms with van der Waals surface area (Å²) in [7, 11) is 3.14. The summed E-state index contributed by atoms with van der Waals surface area (Å²) in [6.07, 6.45) is 7.09. The molecule has 0 radical (unpaired) electrons. The molecule has 8 nitrogen and oxygen atoms in total. The van der Waals surface area contributed by atoms with Crippen molar-refractivity contribution >= 4 is 56.5 Å². The monoisotopic (exact) mass is 733 g/mol. The fourth-order valence-electron chi connectivity index (χ4n) is 7.79. The van der Waals surface area contributed by atoms with Gasteiger partial charge in [0.2, 0.25) is 5.91 Å². The summed E-state index contributed by atoms with van der Waals surface area (Å²) in [6, 6.07) is 12.6. The average Bonchev–Trinajstić information content (AvgIpc) is 3.77. The molecule has 4 unspecified atom stereocenters. The molecule has 250 valence electrons. The number of fused-ring (bicyclic) bond motifs is 4. The van der Waals surface area contributed by atoms with Crippen LogP contribution in [0, 0.1) is 54.6 Å². The number of aromatic nitrogens is 2. The number of hydrogen-bond acceptors (Lipinski definition) is 7. The summed E-state index contributed by atoms with van der Waals surface area (Å²) in [6.45, 7) is 1.68. The Balaban J connectivity index is 0.000000205. The molecule has 0 spiro atoms. The van der Waals surface area contributed by atoms with Crippen molar-refractivity contribution in [2.24, 2.45) is 35.5 Å². The SMILES string of the molecule is CC(=O)C1[C@H]2CC(Oc3ccnc4ccc(F)cc34)C[C@@H]12.CON(C)C(=O)C1[C@H]2CC(Oc3ccnc4ccc(F)cc34)C[C@@H]12.[Br-].[CH3-].[Mg+2]. The van der Waals surface area contributed by atoms with E-state index >= 15 is 0 Å². The first-order chi connectivity index (χ1) is 21.7. The van der Waals surface area contributed by atoms with Crippen LogP contribution in [-0.4, -0.2) is 76.1 Å². The van der Waals surface area contributed by atoms with Gasteiger partial charge in [0.05, 0.1) is 30.4 Å². The van der Waals surface area contributed by atoms with Crippen LogP contribution < -0.4 is 26.5 Å². The minimum absolute atomic E-state index is 0. The molecule has 2 heterocycles. The van der Waals surface area contributed by atoms with E-state index in [9.17, 15) is 18.4 Å². The van der Waals surface area contributed by atoms with E-state index in [1.807, 2.05) is 0 Å². The fourth-order valence-corrected chi connectivity index (χ4v) is 7.79. The molecular weight excluding hydrogens is 697 g/mol. The summed E-state index contributed by atoms with van der Waals surface area (Å²) in [5.74, 6) is 3.15. The van der Waals surface area contributed by atoms with Crippen LogP contribution in [0.1, 0.15) is 32.6 Å². The van der Waals surface area contributed by atoms with E-state index in [-0.39, 0.29) is 89.0 Å². The van der Waals surface area contributed by atoms with Crippen molar-refractivity contribution in [1.29, 1.82) is 0 Å². The summed E-state index contributed by atoms with van der Waals surface area (Å²) >= 11 is 0. The molecule has 8 atom stereocenters.